The molecule has 1 aromatic heterocycles. The number of halogens is 1. The zero-order valence-corrected chi connectivity index (χ0v) is 11.1. The number of pyridine rings is 1. The average molecular weight is 254 g/mol. The monoisotopic (exact) mass is 253 g/mol. The molecule has 0 N–H and O–H groups in total. The molecule has 0 amide bonds. The van der Waals surface area contributed by atoms with Gasteiger partial charge in [-0.2, -0.15) is 0 Å². The molecular formula is C13H16ClNO2. The van der Waals surface area contributed by atoms with E-state index in [2.05, 4.69) is 18.8 Å². The fourth-order valence-corrected chi connectivity index (χ4v) is 2.48. The van der Waals surface area contributed by atoms with Crippen LogP contribution in [0.2, 0.25) is 5.15 Å². The van der Waals surface area contributed by atoms with Gasteiger partial charge in [-0.1, -0.05) is 25.4 Å². The zero-order chi connectivity index (χ0) is 12.6. The standard InChI is InChI=1S/C13H16ClNO2/c1-13(2)5-4-10-8(7-13)6-9(11(14)15-10)12(16)17-3/h6H,4-5,7H2,1-3H3. The largest absolute Gasteiger partial charge is 0.465 e. The number of hydrogen-bond donors (Lipinski definition) is 0. The van der Waals surface area contributed by atoms with Gasteiger partial charge in [0.15, 0.2) is 0 Å². The number of aromatic nitrogens is 1. The Morgan fingerprint density at radius 3 is 2.88 bits per heavy atom. The fourth-order valence-electron chi connectivity index (χ4n) is 2.25. The summed E-state index contributed by atoms with van der Waals surface area (Å²) >= 11 is 5.99. The summed E-state index contributed by atoms with van der Waals surface area (Å²) in [6.45, 7) is 4.45. The molecule has 0 radical (unpaired) electrons. The summed E-state index contributed by atoms with van der Waals surface area (Å²) in [5.41, 5.74) is 2.76. The Morgan fingerprint density at radius 1 is 1.53 bits per heavy atom. The highest BCUT2D eigenvalue weighted by molar-refractivity contribution is 6.32. The maximum atomic E-state index is 11.5. The van der Waals surface area contributed by atoms with Gasteiger partial charge < -0.3 is 4.74 Å². The third kappa shape index (κ3) is 2.44. The van der Waals surface area contributed by atoms with Crippen LogP contribution in [0.15, 0.2) is 6.07 Å². The molecule has 0 aromatic carbocycles. The van der Waals surface area contributed by atoms with Crippen molar-refractivity contribution in [3.8, 4) is 0 Å². The second kappa shape index (κ2) is 4.30. The van der Waals surface area contributed by atoms with Gasteiger partial charge in [-0.25, -0.2) is 9.78 Å². The van der Waals surface area contributed by atoms with E-state index >= 15 is 0 Å². The number of carbonyl (C=O) groups is 1. The molecule has 1 aromatic rings. The van der Waals surface area contributed by atoms with Crippen LogP contribution in [0, 0.1) is 5.41 Å². The first-order chi connectivity index (χ1) is 7.93. The maximum Gasteiger partial charge on any atom is 0.341 e. The molecule has 0 atom stereocenters. The Morgan fingerprint density at radius 2 is 2.24 bits per heavy atom. The zero-order valence-electron chi connectivity index (χ0n) is 10.3. The Labute approximate surface area is 106 Å². The second-order valence-corrected chi connectivity index (χ2v) is 5.62. The third-order valence-corrected chi connectivity index (χ3v) is 3.55. The van der Waals surface area contributed by atoms with E-state index in [0.717, 1.165) is 30.5 Å². The number of nitrogens with zero attached hydrogens (tertiary/aromatic N) is 1. The van der Waals surface area contributed by atoms with Gasteiger partial charge in [0.1, 0.15) is 5.15 Å². The first kappa shape index (κ1) is 12.4. The molecule has 4 heteroatoms. The third-order valence-electron chi connectivity index (χ3n) is 3.26. The highest BCUT2D eigenvalue weighted by Crippen LogP contribution is 2.35. The van der Waals surface area contributed by atoms with Crippen LogP contribution < -0.4 is 0 Å². The topological polar surface area (TPSA) is 39.2 Å². The summed E-state index contributed by atoms with van der Waals surface area (Å²) in [6.07, 6.45) is 2.95. The molecule has 0 saturated carbocycles. The average Bonchev–Trinajstić information content (AvgIpc) is 2.27. The van der Waals surface area contributed by atoms with E-state index in [0.29, 0.717) is 5.56 Å². The van der Waals surface area contributed by atoms with Crippen molar-refractivity contribution in [2.45, 2.75) is 33.1 Å². The molecule has 17 heavy (non-hydrogen) atoms. The van der Waals surface area contributed by atoms with Crippen molar-refractivity contribution in [1.82, 2.24) is 4.98 Å². The first-order valence-corrected chi connectivity index (χ1v) is 6.07. The van der Waals surface area contributed by atoms with Gasteiger partial charge in [0.2, 0.25) is 0 Å². The first-order valence-electron chi connectivity index (χ1n) is 5.69. The number of fused-ring (bicyclic) bond motifs is 1. The van der Waals surface area contributed by atoms with Crippen LogP contribution in [-0.4, -0.2) is 18.1 Å². The lowest BCUT2D eigenvalue weighted by Gasteiger charge is -2.30. The smallest absolute Gasteiger partial charge is 0.341 e. The van der Waals surface area contributed by atoms with E-state index in [1.54, 1.807) is 0 Å². The second-order valence-electron chi connectivity index (χ2n) is 5.27. The number of ether oxygens (including phenoxy) is 1. The highest BCUT2D eigenvalue weighted by atomic mass is 35.5. The van der Waals surface area contributed by atoms with Gasteiger partial charge in [0, 0.05) is 5.69 Å². The Kier molecular flexibility index (Phi) is 3.13. The molecule has 2 rings (SSSR count). The number of hydrogen-bond acceptors (Lipinski definition) is 3. The predicted octanol–water partition coefficient (Wildman–Crippen LogP) is 3.04. The minimum absolute atomic E-state index is 0.246. The Bertz CT molecular complexity index is 469. The van der Waals surface area contributed by atoms with Gasteiger partial charge in [-0.3, -0.25) is 0 Å². The highest BCUT2D eigenvalue weighted by Gasteiger charge is 2.28. The van der Waals surface area contributed by atoms with Crippen molar-refractivity contribution in [1.29, 1.82) is 0 Å². The molecule has 1 aliphatic rings. The van der Waals surface area contributed by atoms with Gasteiger partial charge in [0.25, 0.3) is 0 Å². The van der Waals surface area contributed by atoms with Gasteiger partial charge in [-0.05, 0) is 36.3 Å². The molecular weight excluding hydrogens is 238 g/mol. The predicted molar refractivity (Wildman–Crippen MR) is 66.4 cm³/mol. The van der Waals surface area contributed by atoms with Gasteiger partial charge in [0.05, 0.1) is 12.7 Å². The molecule has 1 heterocycles. The number of aryl methyl sites for hydroxylation is 1. The summed E-state index contributed by atoms with van der Waals surface area (Å²) in [4.78, 5) is 15.8. The van der Waals surface area contributed by atoms with E-state index < -0.39 is 5.97 Å². The summed E-state index contributed by atoms with van der Waals surface area (Å²) < 4.78 is 4.70. The van der Waals surface area contributed by atoms with Crippen LogP contribution in [0.4, 0.5) is 0 Å². The summed E-state index contributed by atoms with van der Waals surface area (Å²) in [6, 6.07) is 1.83. The number of esters is 1. The van der Waals surface area contributed by atoms with E-state index in [-0.39, 0.29) is 10.6 Å². The number of rotatable bonds is 1. The van der Waals surface area contributed by atoms with Crippen molar-refractivity contribution in [3.63, 3.8) is 0 Å². The quantitative estimate of drug-likeness (QED) is 0.570. The Hall–Kier alpha value is -1.09. The minimum atomic E-state index is -0.423. The maximum absolute atomic E-state index is 11.5. The van der Waals surface area contributed by atoms with Crippen LogP contribution in [0.3, 0.4) is 0 Å². The summed E-state index contributed by atoms with van der Waals surface area (Å²) in [5, 5.41) is 0.246. The van der Waals surface area contributed by atoms with Crippen molar-refractivity contribution in [2.75, 3.05) is 7.11 Å². The summed E-state index contributed by atoms with van der Waals surface area (Å²) in [7, 11) is 1.35. The SMILES string of the molecule is COC(=O)c1cc2c(nc1Cl)CCC(C)(C)C2. The normalized spacial score (nSPS) is 17.4. The molecule has 92 valence electrons. The molecule has 0 fully saturated rings. The van der Waals surface area contributed by atoms with Crippen LogP contribution in [0.1, 0.15) is 41.9 Å². The lowest BCUT2D eigenvalue weighted by Crippen LogP contribution is -2.23. The van der Waals surface area contributed by atoms with E-state index in [9.17, 15) is 4.79 Å². The lowest BCUT2D eigenvalue weighted by molar-refractivity contribution is 0.0600. The van der Waals surface area contributed by atoms with Crippen LogP contribution in [0.25, 0.3) is 0 Å². The number of methoxy groups -OCH3 is 1. The van der Waals surface area contributed by atoms with E-state index in [4.69, 9.17) is 16.3 Å². The molecule has 0 spiro atoms. The molecule has 0 saturated heterocycles. The van der Waals surface area contributed by atoms with Crippen molar-refractivity contribution in [2.24, 2.45) is 5.41 Å². The van der Waals surface area contributed by atoms with Crippen LogP contribution >= 0.6 is 11.6 Å². The van der Waals surface area contributed by atoms with E-state index in [1.807, 2.05) is 6.07 Å². The summed E-state index contributed by atoms with van der Waals surface area (Å²) in [5.74, 6) is -0.423. The van der Waals surface area contributed by atoms with E-state index in [1.165, 1.54) is 7.11 Å². The van der Waals surface area contributed by atoms with Gasteiger partial charge in [-0.15, -0.1) is 0 Å². The van der Waals surface area contributed by atoms with Gasteiger partial charge >= 0.3 is 5.97 Å². The molecule has 0 aliphatic heterocycles. The van der Waals surface area contributed by atoms with Crippen molar-refractivity contribution >= 4 is 17.6 Å². The number of carbonyl (C=O) groups excluding carboxylic acids is 1. The minimum Gasteiger partial charge on any atom is -0.465 e. The lowest BCUT2D eigenvalue weighted by atomic mass is 9.76. The van der Waals surface area contributed by atoms with Crippen molar-refractivity contribution < 1.29 is 9.53 Å². The van der Waals surface area contributed by atoms with Crippen LogP contribution in [-0.2, 0) is 17.6 Å². The van der Waals surface area contributed by atoms with Crippen molar-refractivity contribution in [3.05, 3.63) is 28.0 Å². The Balaban J connectivity index is 2.44. The molecule has 0 bridgehead atoms. The molecule has 1 aliphatic carbocycles. The fraction of sp³-hybridized carbons (Fsp3) is 0.538. The van der Waals surface area contributed by atoms with Crippen LogP contribution in [0.5, 0.6) is 0 Å². The molecule has 0 unspecified atom stereocenters. The molecule has 3 nitrogen and oxygen atoms in total.